The molecular formula is C10H12NP. The second kappa shape index (κ2) is 4.18. The van der Waals surface area contributed by atoms with Crippen molar-refractivity contribution in [3.63, 3.8) is 0 Å². The van der Waals surface area contributed by atoms with Crippen LogP contribution in [0.1, 0.15) is 18.2 Å². The molecule has 1 heterocycles. The smallest absolute Gasteiger partial charge is 0.0696 e. The SMILES string of the molecule is C=Cc1ncc(P)cc1/C=C\C. The molecule has 0 aliphatic heterocycles. The van der Waals surface area contributed by atoms with Crippen LogP contribution < -0.4 is 5.30 Å². The Balaban J connectivity index is 3.20. The summed E-state index contributed by atoms with van der Waals surface area (Å²) >= 11 is 0. The molecule has 1 aromatic heterocycles. The predicted octanol–water partition coefficient (Wildman–Crippen LogP) is 2.26. The van der Waals surface area contributed by atoms with Gasteiger partial charge in [-0.1, -0.05) is 18.7 Å². The molecular weight excluding hydrogens is 165 g/mol. The summed E-state index contributed by atoms with van der Waals surface area (Å²) in [5.41, 5.74) is 2.04. The summed E-state index contributed by atoms with van der Waals surface area (Å²) in [6.45, 7) is 5.69. The average Bonchev–Trinajstić information content (AvgIpc) is 2.05. The lowest BCUT2D eigenvalue weighted by atomic mass is 10.2. The van der Waals surface area contributed by atoms with Gasteiger partial charge in [-0.05, 0) is 24.4 Å². The Kier molecular flexibility index (Phi) is 3.19. The highest BCUT2D eigenvalue weighted by Gasteiger charge is 1.95. The van der Waals surface area contributed by atoms with Gasteiger partial charge in [0.1, 0.15) is 0 Å². The van der Waals surface area contributed by atoms with Crippen molar-refractivity contribution >= 4 is 26.7 Å². The van der Waals surface area contributed by atoms with E-state index in [1.165, 1.54) is 0 Å². The fourth-order valence-corrected chi connectivity index (χ4v) is 1.25. The van der Waals surface area contributed by atoms with Crippen LogP contribution in [0.5, 0.6) is 0 Å². The van der Waals surface area contributed by atoms with E-state index in [0.717, 1.165) is 16.6 Å². The quantitative estimate of drug-likeness (QED) is 0.631. The molecule has 0 aromatic carbocycles. The van der Waals surface area contributed by atoms with Gasteiger partial charge < -0.3 is 0 Å². The number of hydrogen-bond donors (Lipinski definition) is 0. The number of rotatable bonds is 2. The van der Waals surface area contributed by atoms with Crippen molar-refractivity contribution in [2.45, 2.75) is 6.92 Å². The van der Waals surface area contributed by atoms with E-state index in [4.69, 9.17) is 0 Å². The van der Waals surface area contributed by atoms with E-state index in [-0.39, 0.29) is 0 Å². The highest BCUT2D eigenvalue weighted by Crippen LogP contribution is 2.08. The Morgan fingerprint density at radius 1 is 1.58 bits per heavy atom. The minimum absolute atomic E-state index is 0.930. The fourth-order valence-electron chi connectivity index (χ4n) is 0.993. The summed E-state index contributed by atoms with van der Waals surface area (Å²) in [6, 6.07) is 2.06. The van der Waals surface area contributed by atoms with Gasteiger partial charge in [0, 0.05) is 11.8 Å². The van der Waals surface area contributed by atoms with Crippen LogP contribution in [0.4, 0.5) is 0 Å². The molecule has 0 saturated heterocycles. The van der Waals surface area contributed by atoms with Crippen LogP contribution in [0.25, 0.3) is 12.2 Å². The number of hydrogen-bond acceptors (Lipinski definition) is 1. The van der Waals surface area contributed by atoms with Crippen molar-refractivity contribution in [1.29, 1.82) is 0 Å². The first kappa shape index (κ1) is 9.15. The van der Waals surface area contributed by atoms with E-state index in [1.54, 1.807) is 6.08 Å². The minimum atomic E-state index is 0.930. The van der Waals surface area contributed by atoms with E-state index < -0.39 is 0 Å². The molecule has 0 amide bonds. The summed E-state index contributed by atoms with van der Waals surface area (Å²) in [5, 5.41) is 1.09. The Hall–Kier alpha value is -0.940. The molecule has 0 spiro atoms. The zero-order valence-electron chi connectivity index (χ0n) is 7.12. The number of aromatic nitrogens is 1. The maximum absolute atomic E-state index is 4.23. The van der Waals surface area contributed by atoms with Crippen molar-refractivity contribution in [3.05, 3.63) is 36.2 Å². The van der Waals surface area contributed by atoms with Gasteiger partial charge >= 0.3 is 0 Å². The van der Waals surface area contributed by atoms with Crippen molar-refractivity contribution in [2.75, 3.05) is 0 Å². The molecule has 1 unspecified atom stereocenters. The second-order valence-electron chi connectivity index (χ2n) is 2.45. The summed E-state index contributed by atoms with van der Waals surface area (Å²) in [6.07, 6.45) is 7.60. The second-order valence-corrected chi connectivity index (χ2v) is 3.11. The zero-order valence-corrected chi connectivity index (χ0v) is 8.27. The van der Waals surface area contributed by atoms with Crippen molar-refractivity contribution in [1.82, 2.24) is 4.98 Å². The monoisotopic (exact) mass is 177 g/mol. The highest BCUT2D eigenvalue weighted by atomic mass is 31.0. The van der Waals surface area contributed by atoms with Crippen LogP contribution >= 0.6 is 9.24 Å². The molecule has 1 nitrogen and oxygen atoms in total. The van der Waals surface area contributed by atoms with Gasteiger partial charge in [-0.2, -0.15) is 0 Å². The third kappa shape index (κ3) is 2.02. The van der Waals surface area contributed by atoms with Crippen molar-refractivity contribution in [3.8, 4) is 0 Å². The Morgan fingerprint density at radius 2 is 2.33 bits per heavy atom. The van der Waals surface area contributed by atoms with Gasteiger partial charge in [0.25, 0.3) is 0 Å². The van der Waals surface area contributed by atoms with Gasteiger partial charge in [0.2, 0.25) is 0 Å². The summed E-state index contributed by atoms with van der Waals surface area (Å²) < 4.78 is 0. The highest BCUT2D eigenvalue weighted by molar-refractivity contribution is 7.27. The van der Waals surface area contributed by atoms with Crippen LogP contribution in [0.15, 0.2) is 24.9 Å². The standard InChI is InChI=1S/C10H12NP/c1-3-5-8-6-9(12)7-11-10(8)4-2/h3-7H,2,12H2,1H3/b5-3-. The third-order valence-corrected chi connectivity index (χ3v) is 1.83. The molecule has 0 aliphatic rings. The molecule has 12 heavy (non-hydrogen) atoms. The van der Waals surface area contributed by atoms with Gasteiger partial charge in [-0.15, -0.1) is 9.24 Å². The first-order chi connectivity index (χ1) is 5.77. The normalized spacial score (nSPS) is 10.5. The summed E-state index contributed by atoms with van der Waals surface area (Å²) in [7, 11) is 2.63. The molecule has 1 atom stereocenters. The molecule has 2 heteroatoms. The lowest BCUT2D eigenvalue weighted by molar-refractivity contribution is 1.30. The Bertz CT molecular complexity index is 316. The number of nitrogens with zero attached hydrogens (tertiary/aromatic N) is 1. The van der Waals surface area contributed by atoms with Crippen LogP contribution in [0.3, 0.4) is 0 Å². The topological polar surface area (TPSA) is 12.9 Å². The van der Waals surface area contributed by atoms with Gasteiger partial charge in [-0.3, -0.25) is 4.98 Å². The lowest BCUT2D eigenvalue weighted by Crippen LogP contribution is -1.96. The van der Waals surface area contributed by atoms with E-state index in [9.17, 15) is 0 Å². The molecule has 0 radical (unpaired) electrons. The molecule has 0 saturated carbocycles. The predicted molar refractivity (Wildman–Crippen MR) is 58.4 cm³/mol. The van der Waals surface area contributed by atoms with Crippen molar-refractivity contribution in [2.24, 2.45) is 0 Å². The van der Waals surface area contributed by atoms with Crippen LogP contribution in [-0.2, 0) is 0 Å². The maximum atomic E-state index is 4.23. The number of allylic oxidation sites excluding steroid dienone is 1. The van der Waals surface area contributed by atoms with Crippen LogP contribution in [-0.4, -0.2) is 4.98 Å². The Morgan fingerprint density at radius 3 is 2.92 bits per heavy atom. The average molecular weight is 177 g/mol. The first-order valence-electron chi connectivity index (χ1n) is 3.78. The van der Waals surface area contributed by atoms with E-state index in [0.29, 0.717) is 0 Å². The van der Waals surface area contributed by atoms with Crippen LogP contribution in [0.2, 0.25) is 0 Å². The molecule has 0 aliphatic carbocycles. The molecule has 0 N–H and O–H groups in total. The van der Waals surface area contributed by atoms with Gasteiger partial charge in [0.15, 0.2) is 0 Å². The zero-order chi connectivity index (χ0) is 8.97. The summed E-state index contributed by atoms with van der Waals surface area (Å²) in [5.74, 6) is 0. The number of pyridine rings is 1. The Labute approximate surface area is 75.4 Å². The molecule has 0 fully saturated rings. The fraction of sp³-hybridized carbons (Fsp3) is 0.100. The minimum Gasteiger partial charge on any atom is -0.256 e. The molecule has 62 valence electrons. The third-order valence-electron chi connectivity index (χ3n) is 1.51. The lowest BCUT2D eigenvalue weighted by Gasteiger charge is -2.00. The molecule has 0 bridgehead atoms. The molecule has 1 rings (SSSR count). The van der Waals surface area contributed by atoms with Gasteiger partial charge in [-0.25, -0.2) is 0 Å². The van der Waals surface area contributed by atoms with Crippen LogP contribution in [0, 0.1) is 0 Å². The van der Waals surface area contributed by atoms with E-state index in [2.05, 4.69) is 26.9 Å². The van der Waals surface area contributed by atoms with E-state index in [1.807, 2.05) is 25.3 Å². The first-order valence-corrected chi connectivity index (χ1v) is 4.36. The van der Waals surface area contributed by atoms with Gasteiger partial charge in [0.05, 0.1) is 5.69 Å². The maximum Gasteiger partial charge on any atom is 0.0696 e. The van der Waals surface area contributed by atoms with Crippen molar-refractivity contribution < 1.29 is 0 Å². The van der Waals surface area contributed by atoms with E-state index >= 15 is 0 Å². The summed E-state index contributed by atoms with van der Waals surface area (Å²) in [4.78, 5) is 4.23. The largest absolute Gasteiger partial charge is 0.256 e. The molecule has 1 aromatic rings.